The summed E-state index contributed by atoms with van der Waals surface area (Å²) in [4.78, 5) is 0. The number of hydrazine groups is 1. The predicted octanol–water partition coefficient (Wildman–Crippen LogP) is 3.03. The number of nitrogens with two attached hydrogens (primary N) is 1. The van der Waals surface area contributed by atoms with Crippen LogP contribution in [-0.2, 0) is 0 Å². The lowest BCUT2D eigenvalue weighted by atomic mass is 9.73. The van der Waals surface area contributed by atoms with E-state index in [1.165, 1.54) is 37.2 Å². The molecule has 0 aromatic rings. The molecule has 0 radical (unpaired) electrons. The summed E-state index contributed by atoms with van der Waals surface area (Å²) in [5.74, 6) is 10.7. The van der Waals surface area contributed by atoms with Gasteiger partial charge in [0.15, 0.2) is 0 Å². The molecule has 2 nitrogen and oxygen atoms in total. The molecule has 0 heterocycles. The lowest BCUT2D eigenvalue weighted by Crippen LogP contribution is -2.45. The maximum absolute atomic E-state index is 5.70. The van der Waals surface area contributed by atoms with E-state index in [1.807, 2.05) is 11.8 Å². The van der Waals surface area contributed by atoms with Crippen LogP contribution in [0.3, 0.4) is 0 Å². The Hall–Kier alpha value is 0.270. The van der Waals surface area contributed by atoms with Gasteiger partial charge in [0.1, 0.15) is 0 Å². The highest BCUT2D eigenvalue weighted by molar-refractivity contribution is 7.99. The van der Waals surface area contributed by atoms with Crippen LogP contribution in [0.1, 0.15) is 46.5 Å². The van der Waals surface area contributed by atoms with Crippen LogP contribution in [0.25, 0.3) is 0 Å². The second-order valence-electron chi connectivity index (χ2n) is 5.38. The smallest absolute Gasteiger partial charge is 0.0329 e. The highest BCUT2D eigenvalue weighted by Gasteiger charge is 2.29. The Morgan fingerprint density at radius 2 is 2.06 bits per heavy atom. The zero-order valence-electron chi connectivity index (χ0n) is 11.0. The van der Waals surface area contributed by atoms with Crippen LogP contribution in [0, 0.1) is 17.8 Å². The summed E-state index contributed by atoms with van der Waals surface area (Å²) in [6.45, 7) is 7.02. The minimum atomic E-state index is 0.520. The van der Waals surface area contributed by atoms with E-state index in [2.05, 4.69) is 26.2 Å². The summed E-state index contributed by atoms with van der Waals surface area (Å²) in [7, 11) is 0. The molecule has 0 aliphatic heterocycles. The Balaban J connectivity index is 2.34. The molecule has 0 aromatic heterocycles. The second-order valence-corrected chi connectivity index (χ2v) is 6.53. The number of hydrogen-bond donors (Lipinski definition) is 2. The topological polar surface area (TPSA) is 38.0 Å². The van der Waals surface area contributed by atoms with Crippen LogP contribution >= 0.6 is 11.8 Å². The summed E-state index contributed by atoms with van der Waals surface area (Å²) in [6, 6.07) is 0.520. The third-order valence-corrected chi connectivity index (χ3v) is 5.36. The molecule has 0 spiro atoms. The monoisotopic (exact) mass is 244 g/mol. The van der Waals surface area contributed by atoms with Gasteiger partial charge in [0.05, 0.1) is 0 Å². The van der Waals surface area contributed by atoms with Crippen molar-refractivity contribution in [3.63, 3.8) is 0 Å². The average molecular weight is 244 g/mol. The molecule has 0 aromatic carbocycles. The van der Waals surface area contributed by atoms with Crippen molar-refractivity contribution >= 4 is 11.8 Å². The van der Waals surface area contributed by atoms with Gasteiger partial charge < -0.3 is 0 Å². The van der Waals surface area contributed by atoms with Crippen LogP contribution in [0.2, 0.25) is 0 Å². The first-order valence-electron chi connectivity index (χ1n) is 6.72. The summed E-state index contributed by atoms with van der Waals surface area (Å²) in [6.07, 6.45) is 5.35. The lowest BCUT2D eigenvalue weighted by molar-refractivity contribution is 0.179. The standard InChI is InChI=1S/C13H28N2S/c1-4-7-16-9-13(15-14)12-6-5-10(2)11(3)8-12/h10-13,15H,4-9,14H2,1-3H3. The third kappa shape index (κ3) is 4.27. The van der Waals surface area contributed by atoms with E-state index in [-0.39, 0.29) is 0 Å². The van der Waals surface area contributed by atoms with E-state index in [1.54, 1.807) is 0 Å². The fourth-order valence-corrected chi connectivity index (χ4v) is 3.71. The minimum absolute atomic E-state index is 0.520. The van der Waals surface area contributed by atoms with E-state index in [9.17, 15) is 0 Å². The van der Waals surface area contributed by atoms with Crippen molar-refractivity contribution in [2.45, 2.75) is 52.5 Å². The van der Waals surface area contributed by atoms with Gasteiger partial charge in [0, 0.05) is 11.8 Å². The molecule has 4 unspecified atom stereocenters. The Bertz CT molecular complexity index is 187. The summed E-state index contributed by atoms with van der Waals surface area (Å²) in [5.41, 5.74) is 3.05. The molecular formula is C13H28N2S. The Kier molecular flexibility index (Phi) is 6.78. The SMILES string of the molecule is CCCSCC(NN)C1CCC(C)C(C)C1. The molecule has 0 saturated heterocycles. The van der Waals surface area contributed by atoms with Crippen molar-refractivity contribution in [3.8, 4) is 0 Å². The van der Waals surface area contributed by atoms with Gasteiger partial charge in [0.25, 0.3) is 0 Å². The highest BCUT2D eigenvalue weighted by Crippen LogP contribution is 2.35. The molecule has 4 atom stereocenters. The summed E-state index contributed by atoms with van der Waals surface area (Å²) < 4.78 is 0. The Labute approximate surface area is 105 Å². The Morgan fingerprint density at radius 1 is 1.31 bits per heavy atom. The molecule has 3 N–H and O–H groups in total. The van der Waals surface area contributed by atoms with Crippen molar-refractivity contribution in [1.29, 1.82) is 0 Å². The number of hydrogen-bond acceptors (Lipinski definition) is 3. The van der Waals surface area contributed by atoms with Gasteiger partial charge in [-0.2, -0.15) is 11.8 Å². The van der Waals surface area contributed by atoms with Gasteiger partial charge in [-0.3, -0.25) is 11.3 Å². The predicted molar refractivity (Wildman–Crippen MR) is 74.4 cm³/mol. The molecule has 3 heteroatoms. The van der Waals surface area contributed by atoms with Crippen molar-refractivity contribution in [2.75, 3.05) is 11.5 Å². The van der Waals surface area contributed by atoms with E-state index in [0.717, 1.165) is 17.8 Å². The van der Waals surface area contributed by atoms with E-state index in [0.29, 0.717) is 6.04 Å². The van der Waals surface area contributed by atoms with Gasteiger partial charge in [-0.25, -0.2) is 0 Å². The normalized spacial score (nSPS) is 32.6. The molecule has 1 aliphatic carbocycles. The van der Waals surface area contributed by atoms with E-state index < -0.39 is 0 Å². The van der Waals surface area contributed by atoms with E-state index >= 15 is 0 Å². The molecular weight excluding hydrogens is 216 g/mol. The quantitative estimate of drug-likeness (QED) is 0.428. The Morgan fingerprint density at radius 3 is 2.62 bits per heavy atom. The molecule has 0 bridgehead atoms. The van der Waals surface area contributed by atoms with Crippen LogP contribution in [-0.4, -0.2) is 17.5 Å². The zero-order valence-corrected chi connectivity index (χ0v) is 11.9. The molecule has 16 heavy (non-hydrogen) atoms. The molecule has 96 valence electrons. The maximum Gasteiger partial charge on any atom is 0.0329 e. The second kappa shape index (κ2) is 7.57. The average Bonchev–Trinajstić information content (AvgIpc) is 2.29. The number of nitrogens with one attached hydrogen (secondary N) is 1. The lowest BCUT2D eigenvalue weighted by Gasteiger charge is -2.36. The van der Waals surface area contributed by atoms with Gasteiger partial charge in [-0.1, -0.05) is 27.2 Å². The largest absolute Gasteiger partial charge is 0.271 e. The van der Waals surface area contributed by atoms with Crippen molar-refractivity contribution in [3.05, 3.63) is 0 Å². The summed E-state index contributed by atoms with van der Waals surface area (Å²) in [5, 5.41) is 0. The zero-order chi connectivity index (χ0) is 12.0. The first-order valence-corrected chi connectivity index (χ1v) is 7.88. The fourth-order valence-electron chi connectivity index (χ4n) is 2.63. The van der Waals surface area contributed by atoms with Crippen molar-refractivity contribution in [2.24, 2.45) is 23.6 Å². The molecule has 0 amide bonds. The van der Waals surface area contributed by atoms with Crippen LogP contribution in [0.15, 0.2) is 0 Å². The van der Waals surface area contributed by atoms with Crippen molar-refractivity contribution in [1.82, 2.24) is 5.43 Å². The van der Waals surface area contributed by atoms with Gasteiger partial charge >= 0.3 is 0 Å². The van der Waals surface area contributed by atoms with Gasteiger partial charge in [-0.05, 0) is 42.8 Å². The van der Waals surface area contributed by atoms with Crippen LogP contribution in [0.4, 0.5) is 0 Å². The number of rotatable bonds is 6. The first kappa shape index (κ1) is 14.3. The molecule has 1 fully saturated rings. The van der Waals surface area contributed by atoms with Gasteiger partial charge in [-0.15, -0.1) is 0 Å². The number of thioether (sulfide) groups is 1. The maximum atomic E-state index is 5.70. The molecule has 1 rings (SSSR count). The highest BCUT2D eigenvalue weighted by atomic mass is 32.2. The van der Waals surface area contributed by atoms with Crippen molar-refractivity contribution < 1.29 is 0 Å². The first-order chi connectivity index (χ1) is 7.69. The van der Waals surface area contributed by atoms with Crippen LogP contribution < -0.4 is 11.3 Å². The van der Waals surface area contributed by atoms with Crippen LogP contribution in [0.5, 0.6) is 0 Å². The third-order valence-electron chi connectivity index (χ3n) is 4.07. The fraction of sp³-hybridized carbons (Fsp3) is 1.00. The van der Waals surface area contributed by atoms with Gasteiger partial charge in [0.2, 0.25) is 0 Å². The molecule has 1 aliphatic rings. The van der Waals surface area contributed by atoms with E-state index in [4.69, 9.17) is 5.84 Å². The molecule has 1 saturated carbocycles. The summed E-state index contributed by atoms with van der Waals surface area (Å²) >= 11 is 2.04. The minimum Gasteiger partial charge on any atom is -0.271 e.